The Balaban J connectivity index is 2.86. The third kappa shape index (κ3) is 2.03. The van der Waals surface area contributed by atoms with E-state index in [1.165, 1.54) is 0 Å². The van der Waals surface area contributed by atoms with Crippen LogP contribution in [0.1, 0.15) is 27.2 Å². The van der Waals surface area contributed by atoms with Crippen LogP contribution < -0.4 is 0 Å². The zero-order valence-electron chi connectivity index (χ0n) is 8.87. The Morgan fingerprint density at radius 2 is 2.07 bits per heavy atom. The number of ether oxygens (including phenoxy) is 1. The van der Waals surface area contributed by atoms with E-state index in [4.69, 9.17) is 0 Å². The maximum Gasteiger partial charge on any atom is 0.317 e. The minimum atomic E-state index is -0.420. The van der Waals surface area contributed by atoms with Gasteiger partial charge >= 0.3 is 11.9 Å². The molecular formula is C11H16O3. The molecule has 0 spiro atoms. The first-order valence-corrected chi connectivity index (χ1v) is 4.73. The summed E-state index contributed by atoms with van der Waals surface area (Å²) in [4.78, 5) is 22.3. The van der Waals surface area contributed by atoms with Crippen molar-refractivity contribution < 1.29 is 14.3 Å². The fraction of sp³-hybridized carbons (Fsp3) is 0.636. The van der Waals surface area contributed by atoms with Crippen LogP contribution in [0.5, 0.6) is 0 Å². The van der Waals surface area contributed by atoms with Crippen LogP contribution in [0, 0.1) is 17.3 Å². The molecule has 0 aromatic carbocycles. The molecule has 0 N–H and O–H groups in total. The number of rotatable bonds is 2. The summed E-state index contributed by atoms with van der Waals surface area (Å²) in [6.07, 6.45) is 1.93. The molecule has 3 nitrogen and oxygen atoms in total. The molecular weight excluding hydrogens is 180 g/mol. The summed E-state index contributed by atoms with van der Waals surface area (Å²) in [5.41, 5.74) is -0.0734. The number of hydrogen-bond donors (Lipinski definition) is 0. The number of allylic oxidation sites excluding steroid dienone is 1. The molecule has 78 valence electrons. The molecule has 2 unspecified atom stereocenters. The largest absolute Gasteiger partial charge is 0.393 e. The van der Waals surface area contributed by atoms with Crippen molar-refractivity contribution in [1.29, 1.82) is 0 Å². The Bertz CT molecular complexity index is 273. The minimum Gasteiger partial charge on any atom is -0.393 e. The Morgan fingerprint density at radius 3 is 2.36 bits per heavy atom. The van der Waals surface area contributed by atoms with E-state index in [-0.39, 0.29) is 23.7 Å². The predicted octanol–water partition coefficient (Wildman–Crippen LogP) is 1.92. The van der Waals surface area contributed by atoms with E-state index in [2.05, 4.69) is 11.3 Å². The third-order valence-electron chi connectivity index (χ3n) is 2.59. The van der Waals surface area contributed by atoms with Crippen LogP contribution in [0.4, 0.5) is 0 Å². The van der Waals surface area contributed by atoms with E-state index in [1.54, 1.807) is 6.08 Å². The maximum atomic E-state index is 11.3. The zero-order chi connectivity index (χ0) is 10.9. The van der Waals surface area contributed by atoms with Crippen LogP contribution in [0.25, 0.3) is 0 Å². The van der Waals surface area contributed by atoms with Crippen molar-refractivity contribution in [3.05, 3.63) is 12.7 Å². The molecule has 1 aliphatic rings. The molecule has 1 rings (SSSR count). The summed E-state index contributed by atoms with van der Waals surface area (Å²) in [5.74, 6) is -1.19. The molecule has 0 aromatic heterocycles. The van der Waals surface area contributed by atoms with Crippen molar-refractivity contribution in [2.75, 3.05) is 0 Å². The highest BCUT2D eigenvalue weighted by Crippen LogP contribution is 2.37. The van der Waals surface area contributed by atoms with E-state index < -0.39 is 11.9 Å². The van der Waals surface area contributed by atoms with Gasteiger partial charge in [0.15, 0.2) is 0 Å². The Labute approximate surface area is 84.1 Å². The van der Waals surface area contributed by atoms with Crippen molar-refractivity contribution in [2.24, 2.45) is 17.3 Å². The molecule has 0 aromatic rings. The normalized spacial score (nSPS) is 24.6. The van der Waals surface area contributed by atoms with E-state index in [9.17, 15) is 9.59 Å². The molecule has 2 atom stereocenters. The summed E-state index contributed by atoms with van der Waals surface area (Å²) in [6.45, 7) is 9.78. The smallest absolute Gasteiger partial charge is 0.317 e. The van der Waals surface area contributed by atoms with Gasteiger partial charge in [-0.15, -0.1) is 6.58 Å². The summed E-state index contributed by atoms with van der Waals surface area (Å²) in [7, 11) is 0. The van der Waals surface area contributed by atoms with Gasteiger partial charge in [0, 0.05) is 0 Å². The van der Waals surface area contributed by atoms with Crippen molar-refractivity contribution in [2.45, 2.75) is 27.2 Å². The number of hydrogen-bond acceptors (Lipinski definition) is 3. The van der Waals surface area contributed by atoms with Crippen LogP contribution >= 0.6 is 0 Å². The van der Waals surface area contributed by atoms with E-state index in [0.717, 1.165) is 0 Å². The third-order valence-corrected chi connectivity index (χ3v) is 2.59. The second-order valence-electron chi connectivity index (χ2n) is 4.73. The quantitative estimate of drug-likeness (QED) is 0.385. The Kier molecular flexibility index (Phi) is 2.79. The first-order valence-electron chi connectivity index (χ1n) is 4.73. The topological polar surface area (TPSA) is 43.4 Å². The number of esters is 2. The van der Waals surface area contributed by atoms with Gasteiger partial charge in [-0.05, 0) is 11.3 Å². The van der Waals surface area contributed by atoms with Crippen LogP contribution in [0.15, 0.2) is 12.7 Å². The first-order chi connectivity index (χ1) is 6.36. The molecule has 0 radical (unpaired) electrons. The van der Waals surface area contributed by atoms with Crippen LogP contribution in [-0.2, 0) is 14.3 Å². The molecule has 0 amide bonds. The maximum absolute atomic E-state index is 11.3. The standard InChI is InChI=1S/C11H16O3/c1-5-8(11(2,3)4)7-6-9(12)14-10(7)13/h5,7-8H,1,6H2,2-4H3. The van der Waals surface area contributed by atoms with Crippen molar-refractivity contribution in [3.63, 3.8) is 0 Å². The summed E-state index contributed by atoms with van der Waals surface area (Å²) in [6, 6.07) is 0. The summed E-state index contributed by atoms with van der Waals surface area (Å²) in [5, 5.41) is 0. The Morgan fingerprint density at radius 1 is 1.50 bits per heavy atom. The molecule has 1 aliphatic heterocycles. The second kappa shape index (κ2) is 3.56. The van der Waals surface area contributed by atoms with E-state index >= 15 is 0 Å². The highest BCUT2D eigenvalue weighted by atomic mass is 16.6. The van der Waals surface area contributed by atoms with Gasteiger partial charge in [-0.25, -0.2) is 0 Å². The van der Waals surface area contributed by atoms with Gasteiger partial charge in [-0.1, -0.05) is 26.8 Å². The average Bonchev–Trinajstić information content (AvgIpc) is 2.29. The fourth-order valence-corrected chi connectivity index (χ4v) is 1.89. The van der Waals surface area contributed by atoms with Gasteiger partial charge < -0.3 is 4.74 Å². The number of cyclic esters (lactones) is 2. The van der Waals surface area contributed by atoms with Gasteiger partial charge in [0.2, 0.25) is 0 Å². The average molecular weight is 196 g/mol. The lowest BCUT2D eigenvalue weighted by Crippen LogP contribution is -2.29. The monoisotopic (exact) mass is 196 g/mol. The summed E-state index contributed by atoms with van der Waals surface area (Å²) >= 11 is 0. The number of carbonyl (C=O) groups excluding carboxylic acids is 2. The van der Waals surface area contributed by atoms with Gasteiger partial charge in [0.05, 0.1) is 12.3 Å². The van der Waals surface area contributed by atoms with Gasteiger partial charge in [0.1, 0.15) is 0 Å². The highest BCUT2D eigenvalue weighted by Gasteiger charge is 2.42. The van der Waals surface area contributed by atoms with Gasteiger partial charge in [0.25, 0.3) is 0 Å². The fourth-order valence-electron chi connectivity index (χ4n) is 1.89. The van der Waals surface area contributed by atoms with E-state index in [1.807, 2.05) is 20.8 Å². The van der Waals surface area contributed by atoms with Crippen molar-refractivity contribution >= 4 is 11.9 Å². The Hall–Kier alpha value is -1.12. The van der Waals surface area contributed by atoms with Gasteiger partial charge in [-0.2, -0.15) is 0 Å². The van der Waals surface area contributed by atoms with Crippen LogP contribution in [0.3, 0.4) is 0 Å². The molecule has 14 heavy (non-hydrogen) atoms. The van der Waals surface area contributed by atoms with Crippen LogP contribution in [-0.4, -0.2) is 11.9 Å². The SMILES string of the molecule is C=CC(C1CC(=O)OC1=O)C(C)(C)C. The molecule has 0 saturated carbocycles. The molecule has 1 fully saturated rings. The predicted molar refractivity (Wildman–Crippen MR) is 52.3 cm³/mol. The molecule has 0 bridgehead atoms. The molecule has 1 saturated heterocycles. The van der Waals surface area contributed by atoms with E-state index in [0.29, 0.717) is 0 Å². The second-order valence-corrected chi connectivity index (χ2v) is 4.73. The molecule has 3 heteroatoms. The minimum absolute atomic E-state index is 0.0125. The van der Waals surface area contributed by atoms with Crippen molar-refractivity contribution in [3.8, 4) is 0 Å². The highest BCUT2D eigenvalue weighted by molar-refractivity contribution is 5.94. The lowest BCUT2D eigenvalue weighted by Gasteiger charge is -2.30. The molecule has 1 heterocycles. The molecule has 0 aliphatic carbocycles. The van der Waals surface area contributed by atoms with Crippen molar-refractivity contribution in [1.82, 2.24) is 0 Å². The van der Waals surface area contributed by atoms with Crippen LogP contribution in [0.2, 0.25) is 0 Å². The summed E-state index contributed by atoms with van der Waals surface area (Å²) < 4.78 is 4.53. The zero-order valence-corrected chi connectivity index (χ0v) is 8.87. The lowest BCUT2D eigenvalue weighted by atomic mass is 9.72. The lowest BCUT2D eigenvalue weighted by molar-refractivity contribution is -0.153. The number of carbonyl (C=O) groups is 2. The first kappa shape index (κ1) is 11.0. The van der Waals surface area contributed by atoms with Gasteiger partial charge in [-0.3, -0.25) is 9.59 Å².